The summed E-state index contributed by atoms with van der Waals surface area (Å²) in [6.07, 6.45) is 10.0. The molecule has 1 heteroatoms. The van der Waals surface area contributed by atoms with Crippen molar-refractivity contribution >= 4 is 0 Å². The Hall–Kier alpha value is -0.300. The first kappa shape index (κ1) is 7.35. The largest absolute Gasteiger partial charge is 0.330 e. The molecule has 2 unspecified atom stereocenters. The van der Waals surface area contributed by atoms with Crippen molar-refractivity contribution in [1.29, 1.82) is 0 Å². The van der Waals surface area contributed by atoms with Gasteiger partial charge in [-0.15, -0.1) is 0 Å². The maximum Gasteiger partial charge on any atom is -0.00433 e. The van der Waals surface area contributed by atoms with Crippen molar-refractivity contribution < 1.29 is 0 Å². The average Bonchev–Trinajstić information content (AvgIpc) is 2.60. The summed E-state index contributed by atoms with van der Waals surface area (Å²) < 4.78 is 0. The highest BCUT2D eigenvalue weighted by Crippen LogP contribution is 2.51. The van der Waals surface area contributed by atoms with E-state index in [9.17, 15) is 0 Å². The van der Waals surface area contributed by atoms with Crippen LogP contribution in [0.4, 0.5) is 0 Å². The van der Waals surface area contributed by atoms with Crippen molar-refractivity contribution in [2.75, 3.05) is 6.54 Å². The highest BCUT2D eigenvalue weighted by Gasteiger charge is 2.47. The Morgan fingerprint density at radius 2 is 1.64 bits per heavy atom. The van der Waals surface area contributed by atoms with Crippen LogP contribution in [0.25, 0.3) is 0 Å². The number of hydrogen-bond donors (Lipinski definition) is 1. The molecule has 2 N–H and O–H groups in total. The molecule has 0 saturated heterocycles. The van der Waals surface area contributed by atoms with E-state index in [1.807, 2.05) is 0 Å². The molecule has 0 heterocycles. The zero-order valence-electron chi connectivity index (χ0n) is 7.00. The Bertz CT molecular complexity index is 146. The van der Waals surface area contributed by atoms with Crippen molar-refractivity contribution in [2.45, 2.75) is 25.7 Å². The quantitative estimate of drug-likeness (QED) is 0.569. The van der Waals surface area contributed by atoms with E-state index in [1.54, 1.807) is 0 Å². The van der Waals surface area contributed by atoms with Crippen LogP contribution in [0.3, 0.4) is 0 Å². The number of nitrogens with two attached hydrogens (primary N) is 1. The molecule has 62 valence electrons. The standard InChI is InChI=1S/C10H17N/c11-7-10-8-5-3-1-2-4-6-9(8)10/h1-2,8-10H,3-7,11H2. The summed E-state index contributed by atoms with van der Waals surface area (Å²) in [4.78, 5) is 0. The van der Waals surface area contributed by atoms with Gasteiger partial charge in [-0.05, 0) is 50.0 Å². The predicted octanol–water partition coefficient (Wildman–Crippen LogP) is 1.94. The van der Waals surface area contributed by atoms with Crippen molar-refractivity contribution in [3.8, 4) is 0 Å². The molecular weight excluding hydrogens is 134 g/mol. The normalized spacial score (nSPS) is 42.5. The number of hydrogen-bond acceptors (Lipinski definition) is 1. The zero-order valence-corrected chi connectivity index (χ0v) is 7.00. The third-order valence-corrected chi connectivity index (χ3v) is 3.28. The van der Waals surface area contributed by atoms with Crippen LogP contribution in [0, 0.1) is 17.8 Å². The number of rotatable bonds is 1. The Labute approximate surface area is 68.7 Å². The van der Waals surface area contributed by atoms with E-state index in [2.05, 4.69) is 12.2 Å². The van der Waals surface area contributed by atoms with Crippen LogP contribution < -0.4 is 5.73 Å². The van der Waals surface area contributed by atoms with Crippen molar-refractivity contribution in [2.24, 2.45) is 23.5 Å². The minimum atomic E-state index is 0.884. The van der Waals surface area contributed by atoms with Crippen LogP contribution in [0.1, 0.15) is 25.7 Å². The minimum absolute atomic E-state index is 0.884. The van der Waals surface area contributed by atoms with Crippen molar-refractivity contribution in [3.63, 3.8) is 0 Å². The summed E-state index contributed by atoms with van der Waals surface area (Å²) in [5.74, 6) is 2.87. The second-order valence-corrected chi connectivity index (χ2v) is 3.85. The van der Waals surface area contributed by atoms with Crippen LogP contribution in [0.5, 0.6) is 0 Å². The van der Waals surface area contributed by atoms with Gasteiger partial charge >= 0.3 is 0 Å². The zero-order chi connectivity index (χ0) is 7.68. The van der Waals surface area contributed by atoms with Gasteiger partial charge in [0.1, 0.15) is 0 Å². The maximum atomic E-state index is 5.68. The second kappa shape index (κ2) is 2.98. The van der Waals surface area contributed by atoms with E-state index in [4.69, 9.17) is 5.73 Å². The molecule has 2 rings (SSSR count). The topological polar surface area (TPSA) is 26.0 Å². The summed E-state index contributed by atoms with van der Waals surface area (Å²) in [6, 6.07) is 0. The van der Waals surface area contributed by atoms with Gasteiger partial charge in [-0.2, -0.15) is 0 Å². The van der Waals surface area contributed by atoms with Crippen LogP contribution >= 0.6 is 0 Å². The second-order valence-electron chi connectivity index (χ2n) is 3.85. The Balaban J connectivity index is 1.91. The molecule has 11 heavy (non-hydrogen) atoms. The van der Waals surface area contributed by atoms with E-state index >= 15 is 0 Å². The molecule has 0 bridgehead atoms. The molecule has 2 atom stereocenters. The van der Waals surface area contributed by atoms with Gasteiger partial charge in [0.25, 0.3) is 0 Å². The lowest BCUT2D eigenvalue weighted by Crippen LogP contribution is -2.03. The monoisotopic (exact) mass is 151 g/mol. The third-order valence-electron chi connectivity index (χ3n) is 3.28. The van der Waals surface area contributed by atoms with E-state index in [-0.39, 0.29) is 0 Å². The van der Waals surface area contributed by atoms with Gasteiger partial charge in [0.15, 0.2) is 0 Å². The van der Waals surface area contributed by atoms with Crippen LogP contribution in [0.2, 0.25) is 0 Å². The molecule has 2 aliphatic rings. The first-order valence-electron chi connectivity index (χ1n) is 4.78. The highest BCUT2D eigenvalue weighted by molar-refractivity contribution is 5.01. The van der Waals surface area contributed by atoms with Gasteiger partial charge in [0, 0.05) is 0 Å². The fourth-order valence-corrected chi connectivity index (χ4v) is 2.54. The smallest absolute Gasteiger partial charge is 0.00433 e. The third kappa shape index (κ3) is 1.34. The molecule has 0 spiro atoms. The summed E-state index contributed by atoms with van der Waals surface area (Å²) in [5, 5.41) is 0. The van der Waals surface area contributed by atoms with Gasteiger partial charge < -0.3 is 5.73 Å². The van der Waals surface area contributed by atoms with E-state index in [1.165, 1.54) is 25.7 Å². The van der Waals surface area contributed by atoms with Crippen LogP contribution in [-0.2, 0) is 0 Å². The van der Waals surface area contributed by atoms with Crippen LogP contribution in [0.15, 0.2) is 12.2 Å². The van der Waals surface area contributed by atoms with Gasteiger partial charge in [-0.3, -0.25) is 0 Å². The maximum absolute atomic E-state index is 5.68. The van der Waals surface area contributed by atoms with Crippen LogP contribution in [-0.4, -0.2) is 6.54 Å². The summed E-state index contributed by atoms with van der Waals surface area (Å²) in [5.41, 5.74) is 5.68. The average molecular weight is 151 g/mol. The van der Waals surface area contributed by atoms with E-state index in [0.717, 1.165) is 24.3 Å². The van der Waals surface area contributed by atoms with E-state index < -0.39 is 0 Å². The Morgan fingerprint density at radius 1 is 1.09 bits per heavy atom. The molecule has 2 aliphatic carbocycles. The Morgan fingerprint density at radius 3 is 2.09 bits per heavy atom. The molecule has 1 nitrogen and oxygen atoms in total. The first-order valence-corrected chi connectivity index (χ1v) is 4.78. The first-order chi connectivity index (χ1) is 5.43. The number of fused-ring (bicyclic) bond motifs is 1. The molecule has 0 amide bonds. The molecular formula is C10H17N. The molecule has 1 saturated carbocycles. The number of allylic oxidation sites excluding steroid dienone is 2. The minimum Gasteiger partial charge on any atom is -0.330 e. The lowest BCUT2D eigenvalue weighted by atomic mass is 10.1. The lowest BCUT2D eigenvalue weighted by molar-refractivity contribution is 0.605. The summed E-state index contributed by atoms with van der Waals surface area (Å²) in [6.45, 7) is 0.926. The van der Waals surface area contributed by atoms with Gasteiger partial charge in [0.05, 0.1) is 0 Å². The molecule has 0 radical (unpaired) electrons. The molecule has 0 aliphatic heterocycles. The summed E-state index contributed by atoms with van der Waals surface area (Å²) >= 11 is 0. The van der Waals surface area contributed by atoms with Crippen molar-refractivity contribution in [3.05, 3.63) is 12.2 Å². The van der Waals surface area contributed by atoms with Gasteiger partial charge in [0.2, 0.25) is 0 Å². The van der Waals surface area contributed by atoms with Gasteiger partial charge in [-0.1, -0.05) is 12.2 Å². The SMILES string of the molecule is NCC1C2CCC=CCCC12. The van der Waals surface area contributed by atoms with Crippen molar-refractivity contribution in [1.82, 2.24) is 0 Å². The van der Waals surface area contributed by atoms with E-state index in [0.29, 0.717) is 0 Å². The molecule has 0 aromatic carbocycles. The molecule has 0 aromatic heterocycles. The fraction of sp³-hybridized carbons (Fsp3) is 0.800. The molecule has 1 fully saturated rings. The Kier molecular flexibility index (Phi) is 1.99. The highest BCUT2D eigenvalue weighted by atomic mass is 14.7. The summed E-state index contributed by atoms with van der Waals surface area (Å²) in [7, 11) is 0. The fourth-order valence-electron chi connectivity index (χ4n) is 2.54. The van der Waals surface area contributed by atoms with Gasteiger partial charge in [-0.25, -0.2) is 0 Å². The molecule has 0 aromatic rings. The predicted molar refractivity (Wildman–Crippen MR) is 47.1 cm³/mol. The lowest BCUT2D eigenvalue weighted by Gasteiger charge is -1.99.